The monoisotopic (exact) mass is 708 g/mol. The summed E-state index contributed by atoms with van der Waals surface area (Å²) in [5.74, 6) is -15.1. The largest absolute Gasteiger partial charge is 0.481 e. The minimum atomic E-state index is -2.32. The van der Waals surface area contributed by atoms with Gasteiger partial charge in [-0.05, 0) is 17.8 Å². The second kappa shape index (κ2) is 22.3. The number of aliphatic carboxylic acids is 4. The van der Waals surface area contributed by atoms with Crippen molar-refractivity contribution in [3.63, 3.8) is 0 Å². The van der Waals surface area contributed by atoms with Gasteiger partial charge in [-0.25, -0.2) is 0 Å². The normalized spacial score (nSPS) is 14.3. The Morgan fingerprint density at radius 2 is 0.776 bits per heavy atom. The third kappa shape index (κ3) is 19.8. The van der Waals surface area contributed by atoms with Gasteiger partial charge < -0.3 is 48.8 Å². The van der Waals surface area contributed by atoms with Crippen molar-refractivity contribution >= 4 is 59.7 Å². The number of carbonyl (C=O) groups is 10. The van der Waals surface area contributed by atoms with Gasteiger partial charge in [-0.1, -0.05) is 34.1 Å². The van der Waals surface area contributed by atoms with Crippen LogP contribution in [0, 0.1) is 17.8 Å². The first-order valence-electron chi connectivity index (χ1n) is 14.7. The van der Waals surface area contributed by atoms with Crippen molar-refractivity contribution in [1.29, 1.82) is 0 Å². The number of esters is 6. The number of rotatable bonds is 24. The Hall–Kier alpha value is -5.30. The molecule has 0 radical (unpaired) electrons. The first-order valence-corrected chi connectivity index (χ1v) is 14.7. The molecule has 0 rings (SSSR count). The van der Waals surface area contributed by atoms with Crippen LogP contribution in [0.25, 0.3) is 0 Å². The number of carboxylic acid groups (broad SMARTS) is 4. The van der Waals surface area contributed by atoms with Crippen molar-refractivity contribution in [1.82, 2.24) is 0 Å². The van der Waals surface area contributed by atoms with E-state index < -0.39 is 123 Å². The highest BCUT2D eigenvalue weighted by Crippen LogP contribution is 2.23. The lowest BCUT2D eigenvalue weighted by atomic mass is 9.84. The molecule has 0 aliphatic carbocycles. The van der Waals surface area contributed by atoms with Crippen molar-refractivity contribution in [2.75, 3.05) is 19.8 Å². The van der Waals surface area contributed by atoms with Gasteiger partial charge in [0.2, 0.25) is 0 Å². The van der Waals surface area contributed by atoms with Gasteiger partial charge in [-0.2, -0.15) is 0 Å². The molecule has 0 saturated heterocycles. The summed E-state index contributed by atoms with van der Waals surface area (Å²) in [4.78, 5) is 118. The zero-order valence-electron chi connectivity index (χ0n) is 27.1. The van der Waals surface area contributed by atoms with Crippen molar-refractivity contribution in [3.05, 3.63) is 0 Å². The lowest BCUT2D eigenvalue weighted by molar-refractivity contribution is -0.199. The SMILES string of the molecule is CCC(C)C(C)C(C)COC(=O)CC(=O)OCC(OC(=O)CC(=O)O)C(OC(=O)CC(=O)O)C(COC(=O)CC(=O)O)OC(=O)CC(=O)O. The summed E-state index contributed by atoms with van der Waals surface area (Å²) < 4.78 is 29.6. The van der Waals surface area contributed by atoms with Crippen molar-refractivity contribution < 1.29 is 96.8 Å². The maximum atomic E-state index is 12.5. The molecule has 20 nitrogen and oxygen atoms in total. The van der Waals surface area contributed by atoms with Crippen LogP contribution in [-0.2, 0) is 76.4 Å². The molecule has 0 saturated carbocycles. The molecule has 0 aromatic rings. The van der Waals surface area contributed by atoms with Gasteiger partial charge in [-0.15, -0.1) is 0 Å². The maximum absolute atomic E-state index is 12.5. The van der Waals surface area contributed by atoms with Crippen LogP contribution in [0.4, 0.5) is 0 Å². The molecular formula is C29H40O20. The predicted octanol–water partition coefficient (Wildman–Crippen LogP) is -0.0414. The van der Waals surface area contributed by atoms with E-state index in [1.54, 1.807) is 0 Å². The number of ether oxygens (including phenoxy) is 6. The summed E-state index contributed by atoms with van der Waals surface area (Å²) in [5, 5.41) is 35.7. The fraction of sp³-hybridized carbons (Fsp3) is 0.655. The first-order chi connectivity index (χ1) is 22.7. The zero-order valence-corrected chi connectivity index (χ0v) is 27.1. The number of carbonyl (C=O) groups excluding carboxylic acids is 6. The molecule has 6 atom stereocenters. The third-order valence-corrected chi connectivity index (χ3v) is 6.80. The molecule has 0 heterocycles. The lowest BCUT2D eigenvalue weighted by Crippen LogP contribution is -2.50. The van der Waals surface area contributed by atoms with Gasteiger partial charge in [0, 0.05) is 0 Å². The maximum Gasteiger partial charge on any atom is 0.317 e. The van der Waals surface area contributed by atoms with Gasteiger partial charge in [0.05, 0.1) is 6.61 Å². The molecule has 0 aliphatic rings. The van der Waals surface area contributed by atoms with Crippen LogP contribution < -0.4 is 0 Å². The Balaban J connectivity index is 6.34. The van der Waals surface area contributed by atoms with E-state index in [9.17, 15) is 47.9 Å². The van der Waals surface area contributed by atoms with Crippen LogP contribution >= 0.6 is 0 Å². The Labute approximate surface area is 278 Å². The second-order valence-corrected chi connectivity index (χ2v) is 10.7. The molecule has 4 N–H and O–H groups in total. The number of hydrogen-bond acceptors (Lipinski definition) is 16. The van der Waals surface area contributed by atoms with Gasteiger partial charge in [0.15, 0.2) is 18.3 Å². The second-order valence-electron chi connectivity index (χ2n) is 10.7. The van der Waals surface area contributed by atoms with E-state index in [1.165, 1.54) is 0 Å². The third-order valence-electron chi connectivity index (χ3n) is 6.80. The summed E-state index contributed by atoms with van der Waals surface area (Å²) in [6, 6.07) is 0. The lowest BCUT2D eigenvalue weighted by Gasteiger charge is -2.31. The molecule has 0 aromatic heterocycles. The molecule has 6 unspecified atom stereocenters. The van der Waals surface area contributed by atoms with Crippen molar-refractivity contribution in [2.24, 2.45) is 17.8 Å². The van der Waals surface area contributed by atoms with Crippen LogP contribution in [0.1, 0.15) is 66.2 Å². The molecule has 0 amide bonds. The summed E-state index contributed by atoms with van der Waals surface area (Å²) >= 11 is 0. The summed E-state index contributed by atoms with van der Waals surface area (Å²) in [5.41, 5.74) is 0. The quantitative estimate of drug-likeness (QED) is 0.0580. The fourth-order valence-corrected chi connectivity index (χ4v) is 3.82. The Bertz CT molecular complexity index is 1220. The highest BCUT2D eigenvalue weighted by atomic mass is 16.6. The average Bonchev–Trinajstić information content (AvgIpc) is 2.96. The van der Waals surface area contributed by atoms with Crippen LogP contribution in [0.3, 0.4) is 0 Å². The predicted molar refractivity (Wildman–Crippen MR) is 154 cm³/mol. The smallest absolute Gasteiger partial charge is 0.317 e. The average molecular weight is 709 g/mol. The summed E-state index contributed by atoms with van der Waals surface area (Å²) in [6.45, 7) is 5.34. The zero-order chi connectivity index (χ0) is 37.8. The number of hydrogen-bond donors (Lipinski definition) is 4. The molecule has 20 heteroatoms. The van der Waals surface area contributed by atoms with E-state index in [-0.39, 0.29) is 18.4 Å². The van der Waals surface area contributed by atoms with Crippen LogP contribution in [0.2, 0.25) is 0 Å². The standard InChI is InChI=1S/C29H40O20/c1-5-14(2)16(4)15(3)11-44-24(39)10-25(40)46-13-18(48-27(42)8-21(34)35)29(49-28(43)9-22(36)37)17(47-26(41)7-20(32)33)12-45-23(38)6-19(30)31/h14-18,29H,5-13H2,1-4H3,(H,30,31)(H,32,33)(H,34,35)(H,36,37). The highest BCUT2D eigenvalue weighted by molar-refractivity contribution is 5.92. The molecule has 0 bridgehead atoms. The number of carboxylic acids is 4. The van der Waals surface area contributed by atoms with Crippen LogP contribution in [-0.4, -0.2) is 118 Å². The molecular weight excluding hydrogens is 668 g/mol. The van der Waals surface area contributed by atoms with E-state index in [0.717, 1.165) is 6.42 Å². The van der Waals surface area contributed by atoms with E-state index in [2.05, 4.69) is 0 Å². The highest BCUT2D eigenvalue weighted by Gasteiger charge is 2.41. The molecule has 0 fully saturated rings. The van der Waals surface area contributed by atoms with E-state index in [4.69, 9.17) is 48.8 Å². The summed E-state index contributed by atoms with van der Waals surface area (Å²) in [7, 11) is 0. The first kappa shape index (κ1) is 43.7. The Morgan fingerprint density at radius 1 is 0.449 bits per heavy atom. The van der Waals surface area contributed by atoms with Crippen molar-refractivity contribution in [2.45, 2.75) is 84.5 Å². The molecule has 49 heavy (non-hydrogen) atoms. The van der Waals surface area contributed by atoms with Crippen molar-refractivity contribution in [3.8, 4) is 0 Å². The topological polar surface area (TPSA) is 307 Å². The van der Waals surface area contributed by atoms with Crippen LogP contribution in [0.15, 0.2) is 0 Å². The fourth-order valence-electron chi connectivity index (χ4n) is 3.82. The Morgan fingerprint density at radius 3 is 1.14 bits per heavy atom. The molecule has 0 aliphatic heterocycles. The summed E-state index contributed by atoms with van der Waals surface area (Å²) in [6.07, 6.45) is -12.1. The van der Waals surface area contributed by atoms with Gasteiger partial charge in [0.25, 0.3) is 0 Å². The minimum Gasteiger partial charge on any atom is -0.481 e. The van der Waals surface area contributed by atoms with Crippen LogP contribution in [0.5, 0.6) is 0 Å². The Kier molecular flexibility index (Phi) is 19.9. The van der Waals surface area contributed by atoms with Gasteiger partial charge >= 0.3 is 59.7 Å². The molecule has 0 spiro atoms. The van der Waals surface area contributed by atoms with Gasteiger partial charge in [-0.3, -0.25) is 47.9 Å². The molecule has 0 aromatic carbocycles. The van der Waals surface area contributed by atoms with Gasteiger partial charge in [0.1, 0.15) is 45.3 Å². The molecule has 276 valence electrons. The van der Waals surface area contributed by atoms with E-state index >= 15 is 0 Å². The van der Waals surface area contributed by atoms with E-state index in [1.807, 2.05) is 27.7 Å². The minimum absolute atomic E-state index is 0.0430. The van der Waals surface area contributed by atoms with E-state index in [0.29, 0.717) is 5.92 Å².